The van der Waals surface area contributed by atoms with Crippen LogP contribution in [-0.2, 0) is 19.8 Å². The molecule has 2 rings (SSSR count). The predicted octanol–water partition coefficient (Wildman–Crippen LogP) is 1.44. The standard InChI is InChI=1S/C12H14BrNO3/c1-16-11(15)12(8-17-7-6-14-12)9-2-4-10(13)5-3-9/h2-5,14H,6-8H2,1H3. The lowest BCUT2D eigenvalue weighted by molar-refractivity contribution is -0.154. The van der Waals surface area contributed by atoms with Gasteiger partial charge in [-0.25, -0.2) is 4.79 Å². The molecule has 0 spiro atoms. The fourth-order valence-electron chi connectivity index (χ4n) is 1.96. The van der Waals surface area contributed by atoms with E-state index in [-0.39, 0.29) is 5.97 Å². The number of carbonyl (C=O) groups excluding carboxylic acids is 1. The Morgan fingerprint density at radius 3 is 2.71 bits per heavy atom. The lowest BCUT2D eigenvalue weighted by Gasteiger charge is -2.35. The summed E-state index contributed by atoms with van der Waals surface area (Å²) in [6.45, 7) is 1.53. The smallest absolute Gasteiger partial charge is 0.333 e. The van der Waals surface area contributed by atoms with Crippen LogP contribution in [0.5, 0.6) is 0 Å². The number of esters is 1. The molecule has 0 aromatic heterocycles. The van der Waals surface area contributed by atoms with Crippen LogP contribution in [-0.4, -0.2) is 32.8 Å². The number of hydrogen-bond donors (Lipinski definition) is 1. The number of hydrogen-bond acceptors (Lipinski definition) is 4. The summed E-state index contributed by atoms with van der Waals surface area (Å²) < 4.78 is 11.3. The van der Waals surface area contributed by atoms with Gasteiger partial charge in [-0.05, 0) is 17.7 Å². The lowest BCUT2D eigenvalue weighted by atomic mass is 9.90. The maximum absolute atomic E-state index is 12.0. The van der Waals surface area contributed by atoms with E-state index >= 15 is 0 Å². The van der Waals surface area contributed by atoms with Gasteiger partial charge in [0.2, 0.25) is 0 Å². The Kier molecular flexibility index (Phi) is 3.81. The third-order valence-electron chi connectivity index (χ3n) is 2.86. The Bertz CT molecular complexity index is 399. The fourth-order valence-corrected chi connectivity index (χ4v) is 2.22. The van der Waals surface area contributed by atoms with Crippen molar-refractivity contribution in [2.24, 2.45) is 0 Å². The molecule has 1 aliphatic heterocycles. The average Bonchev–Trinajstić information content (AvgIpc) is 2.39. The van der Waals surface area contributed by atoms with Gasteiger partial charge in [-0.15, -0.1) is 0 Å². The van der Waals surface area contributed by atoms with Gasteiger partial charge in [0, 0.05) is 11.0 Å². The van der Waals surface area contributed by atoms with Crippen molar-refractivity contribution in [1.82, 2.24) is 5.32 Å². The topological polar surface area (TPSA) is 47.6 Å². The summed E-state index contributed by atoms with van der Waals surface area (Å²) in [7, 11) is 1.39. The van der Waals surface area contributed by atoms with E-state index in [0.717, 1.165) is 10.0 Å². The van der Waals surface area contributed by atoms with Gasteiger partial charge >= 0.3 is 5.97 Å². The first-order chi connectivity index (χ1) is 8.19. The Hall–Kier alpha value is -0.910. The van der Waals surface area contributed by atoms with Crippen molar-refractivity contribution in [3.63, 3.8) is 0 Å². The summed E-state index contributed by atoms with van der Waals surface area (Å²) in [5, 5.41) is 3.20. The molecule has 1 aromatic rings. The average molecular weight is 300 g/mol. The molecule has 0 aliphatic carbocycles. The van der Waals surface area contributed by atoms with Gasteiger partial charge < -0.3 is 9.47 Å². The van der Waals surface area contributed by atoms with E-state index in [0.29, 0.717) is 19.8 Å². The quantitative estimate of drug-likeness (QED) is 0.840. The van der Waals surface area contributed by atoms with Gasteiger partial charge in [0.25, 0.3) is 0 Å². The van der Waals surface area contributed by atoms with Crippen molar-refractivity contribution in [2.75, 3.05) is 26.9 Å². The van der Waals surface area contributed by atoms with Crippen molar-refractivity contribution in [3.05, 3.63) is 34.3 Å². The molecule has 1 aromatic carbocycles. The van der Waals surface area contributed by atoms with Crippen LogP contribution in [0.15, 0.2) is 28.7 Å². The zero-order valence-corrected chi connectivity index (χ0v) is 11.1. The Balaban J connectivity index is 2.38. The molecule has 4 nitrogen and oxygen atoms in total. The number of morpholine rings is 1. The fraction of sp³-hybridized carbons (Fsp3) is 0.417. The van der Waals surface area contributed by atoms with E-state index in [9.17, 15) is 4.79 Å². The second-order valence-electron chi connectivity index (χ2n) is 3.88. The van der Waals surface area contributed by atoms with E-state index in [2.05, 4.69) is 21.2 Å². The van der Waals surface area contributed by atoms with Crippen LogP contribution >= 0.6 is 15.9 Å². The molecule has 0 saturated carbocycles. The summed E-state index contributed by atoms with van der Waals surface area (Å²) >= 11 is 3.37. The summed E-state index contributed by atoms with van der Waals surface area (Å²) in [5.41, 5.74) is -0.0273. The number of methoxy groups -OCH3 is 1. The second-order valence-corrected chi connectivity index (χ2v) is 4.80. The number of carbonyl (C=O) groups is 1. The zero-order valence-electron chi connectivity index (χ0n) is 9.53. The molecule has 1 N–H and O–H groups in total. The number of ether oxygens (including phenoxy) is 2. The molecule has 0 bridgehead atoms. The molecule has 1 aliphatic rings. The van der Waals surface area contributed by atoms with Crippen molar-refractivity contribution >= 4 is 21.9 Å². The van der Waals surface area contributed by atoms with Crippen molar-refractivity contribution in [3.8, 4) is 0 Å². The van der Waals surface area contributed by atoms with Crippen LogP contribution in [0, 0.1) is 0 Å². The van der Waals surface area contributed by atoms with E-state index in [1.54, 1.807) is 0 Å². The minimum Gasteiger partial charge on any atom is -0.467 e. The monoisotopic (exact) mass is 299 g/mol. The van der Waals surface area contributed by atoms with Crippen LogP contribution in [0.1, 0.15) is 5.56 Å². The molecule has 92 valence electrons. The highest BCUT2D eigenvalue weighted by atomic mass is 79.9. The highest BCUT2D eigenvalue weighted by Crippen LogP contribution is 2.26. The molecule has 17 heavy (non-hydrogen) atoms. The third-order valence-corrected chi connectivity index (χ3v) is 3.39. The van der Waals surface area contributed by atoms with Crippen LogP contribution < -0.4 is 5.32 Å². The van der Waals surface area contributed by atoms with Gasteiger partial charge in [-0.1, -0.05) is 28.1 Å². The summed E-state index contributed by atoms with van der Waals surface area (Å²) in [5.74, 6) is -0.320. The van der Waals surface area contributed by atoms with Gasteiger partial charge in [-0.2, -0.15) is 0 Å². The molecule has 1 saturated heterocycles. The van der Waals surface area contributed by atoms with Crippen LogP contribution in [0.4, 0.5) is 0 Å². The van der Waals surface area contributed by atoms with Crippen LogP contribution in [0.25, 0.3) is 0 Å². The van der Waals surface area contributed by atoms with Gasteiger partial charge in [0.15, 0.2) is 5.54 Å². The van der Waals surface area contributed by atoms with Crippen LogP contribution in [0.3, 0.4) is 0 Å². The predicted molar refractivity (Wildman–Crippen MR) is 66.7 cm³/mol. The van der Waals surface area contributed by atoms with E-state index in [1.165, 1.54) is 7.11 Å². The molecule has 1 fully saturated rings. The third kappa shape index (κ3) is 2.36. The summed E-state index contributed by atoms with van der Waals surface area (Å²) in [4.78, 5) is 12.0. The first-order valence-electron chi connectivity index (χ1n) is 5.36. The Morgan fingerprint density at radius 2 is 2.18 bits per heavy atom. The number of rotatable bonds is 2. The normalized spacial score (nSPS) is 24.4. The molecule has 5 heteroatoms. The molecular weight excluding hydrogens is 286 g/mol. The largest absolute Gasteiger partial charge is 0.467 e. The molecule has 0 amide bonds. The highest BCUT2D eigenvalue weighted by molar-refractivity contribution is 9.10. The highest BCUT2D eigenvalue weighted by Gasteiger charge is 2.43. The first-order valence-corrected chi connectivity index (χ1v) is 6.15. The molecule has 1 unspecified atom stereocenters. The minimum atomic E-state index is -0.881. The first kappa shape index (κ1) is 12.5. The van der Waals surface area contributed by atoms with E-state index in [4.69, 9.17) is 9.47 Å². The second kappa shape index (κ2) is 5.16. The number of benzene rings is 1. The molecular formula is C12H14BrNO3. The summed E-state index contributed by atoms with van der Waals surface area (Å²) in [6, 6.07) is 7.58. The maximum atomic E-state index is 12.0. The maximum Gasteiger partial charge on any atom is 0.333 e. The molecule has 1 atom stereocenters. The molecule has 1 heterocycles. The molecule has 0 radical (unpaired) electrons. The van der Waals surface area contributed by atoms with Crippen molar-refractivity contribution in [2.45, 2.75) is 5.54 Å². The van der Waals surface area contributed by atoms with Crippen molar-refractivity contribution < 1.29 is 14.3 Å². The Morgan fingerprint density at radius 1 is 1.47 bits per heavy atom. The van der Waals surface area contributed by atoms with Gasteiger partial charge in [0.1, 0.15) is 0 Å². The lowest BCUT2D eigenvalue weighted by Crippen LogP contribution is -2.57. The van der Waals surface area contributed by atoms with E-state index in [1.807, 2.05) is 24.3 Å². The number of nitrogens with one attached hydrogen (secondary N) is 1. The Labute approximate surface area is 108 Å². The minimum absolute atomic E-state index is 0.293. The van der Waals surface area contributed by atoms with Crippen LogP contribution in [0.2, 0.25) is 0 Å². The number of halogens is 1. The van der Waals surface area contributed by atoms with Gasteiger partial charge in [0.05, 0.1) is 20.3 Å². The summed E-state index contributed by atoms with van der Waals surface area (Å²) in [6.07, 6.45) is 0. The van der Waals surface area contributed by atoms with Crippen molar-refractivity contribution in [1.29, 1.82) is 0 Å². The zero-order chi connectivity index (χ0) is 12.3. The van der Waals surface area contributed by atoms with E-state index < -0.39 is 5.54 Å². The van der Waals surface area contributed by atoms with Gasteiger partial charge in [-0.3, -0.25) is 5.32 Å². The SMILES string of the molecule is COC(=O)C1(c2ccc(Br)cc2)COCCN1.